The molecule has 0 aliphatic carbocycles. The molecule has 0 heterocycles. The second-order valence-corrected chi connectivity index (χ2v) is 4.86. The Morgan fingerprint density at radius 2 is 1.68 bits per heavy atom. The van der Waals surface area contributed by atoms with Crippen LogP contribution in [0.25, 0.3) is 0 Å². The summed E-state index contributed by atoms with van der Waals surface area (Å²) in [7, 11) is 0. The van der Waals surface area contributed by atoms with Crippen molar-refractivity contribution in [1.29, 1.82) is 5.41 Å². The van der Waals surface area contributed by atoms with E-state index in [1.807, 2.05) is 44.2 Å². The summed E-state index contributed by atoms with van der Waals surface area (Å²) in [5, 5.41) is 8.10. The first-order valence-corrected chi connectivity index (χ1v) is 6.24. The molecule has 2 aromatic rings. The number of rotatable bonds is 3. The van der Waals surface area contributed by atoms with Gasteiger partial charge < -0.3 is 10.5 Å². The van der Waals surface area contributed by atoms with Crippen LogP contribution in [0.2, 0.25) is 5.02 Å². The molecule has 0 bridgehead atoms. The van der Waals surface area contributed by atoms with E-state index >= 15 is 0 Å². The average molecular weight is 275 g/mol. The lowest BCUT2D eigenvalue weighted by molar-refractivity contribution is 0.481. The van der Waals surface area contributed by atoms with Gasteiger partial charge in [-0.2, -0.15) is 0 Å². The lowest BCUT2D eigenvalue weighted by Crippen LogP contribution is -2.12. The number of ether oxygens (including phenoxy) is 1. The third-order valence-corrected chi connectivity index (χ3v) is 3.03. The molecule has 0 saturated carbocycles. The van der Waals surface area contributed by atoms with E-state index in [-0.39, 0.29) is 5.84 Å². The summed E-state index contributed by atoms with van der Waals surface area (Å²) in [6.45, 7) is 3.91. The number of nitrogens with one attached hydrogen (secondary N) is 1. The van der Waals surface area contributed by atoms with E-state index in [1.54, 1.807) is 6.07 Å². The highest BCUT2D eigenvalue weighted by molar-refractivity contribution is 6.32. The summed E-state index contributed by atoms with van der Waals surface area (Å²) >= 11 is 6.14. The molecular weight excluding hydrogens is 260 g/mol. The van der Waals surface area contributed by atoms with E-state index in [0.717, 1.165) is 11.1 Å². The first kappa shape index (κ1) is 13.4. The maximum atomic E-state index is 7.57. The molecule has 0 atom stereocenters. The van der Waals surface area contributed by atoms with Crippen molar-refractivity contribution in [2.75, 3.05) is 0 Å². The van der Waals surface area contributed by atoms with E-state index in [1.165, 1.54) is 0 Å². The van der Waals surface area contributed by atoms with Crippen LogP contribution in [0.5, 0.6) is 11.5 Å². The number of hydrogen-bond donors (Lipinski definition) is 2. The Kier molecular flexibility index (Phi) is 3.76. The molecule has 3 N–H and O–H groups in total. The fraction of sp³-hybridized carbons (Fsp3) is 0.133. The fourth-order valence-electron chi connectivity index (χ4n) is 1.74. The van der Waals surface area contributed by atoms with E-state index in [0.29, 0.717) is 22.1 Å². The van der Waals surface area contributed by atoms with Crippen LogP contribution in [0.15, 0.2) is 36.4 Å². The minimum atomic E-state index is -0.0294. The standard InChI is InChI=1S/C15H15ClN2O/c1-9-4-6-13(12(16)7-9)19-14-8-10(2)3-5-11(14)15(17)18/h3-8H,1-2H3,(H3,17,18). The Morgan fingerprint density at radius 1 is 1.05 bits per heavy atom. The summed E-state index contributed by atoms with van der Waals surface area (Å²) in [5.41, 5.74) is 8.20. The number of nitrogen functional groups attached to an aromatic ring is 1. The molecule has 19 heavy (non-hydrogen) atoms. The molecule has 0 radical (unpaired) electrons. The lowest BCUT2D eigenvalue weighted by atomic mass is 10.1. The zero-order valence-electron chi connectivity index (χ0n) is 10.8. The van der Waals surface area contributed by atoms with Gasteiger partial charge in [-0.1, -0.05) is 23.7 Å². The summed E-state index contributed by atoms with van der Waals surface area (Å²) in [5.74, 6) is 1.07. The van der Waals surface area contributed by atoms with Crippen molar-refractivity contribution in [3.63, 3.8) is 0 Å². The van der Waals surface area contributed by atoms with Crippen molar-refractivity contribution in [3.05, 3.63) is 58.1 Å². The van der Waals surface area contributed by atoms with Crippen LogP contribution in [0.3, 0.4) is 0 Å². The number of nitrogens with two attached hydrogens (primary N) is 1. The maximum absolute atomic E-state index is 7.57. The highest BCUT2D eigenvalue weighted by Crippen LogP contribution is 2.32. The molecule has 2 aromatic carbocycles. The SMILES string of the molecule is Cc1ccc(Oc2cc(C)ccc2C(=N)N)c(Cl)c1. The van der Waals surface area contributed by atoms with Gasteiger partial charge in [-0.15, -0.1) is 0 Å². The highest BCUT2D eigenvalue weighted by Gasteiger charge is 2.10. The highest BCUT2D eigenvalue weighted by atomic mass is 35.5. The van der Waals surface area contributed by atoms with Crippen molar-refractivity contribution >= 4 is 17.4 Å². The van der Waals surface area contributed by atoms with Crippen molar-refractivity contribution in [2.45, 2.75) is 13.8 Å². The van der Waals surface area contributed by atoms with Crippen LogP contribution in [0, 0.1) is 19.3 Å². The predicted octanol–water partition coefficient (Wildman–Crippen LogP) is 4.03. The molecular formula is C15H15ClN2O. The molecule has 0 amide bonds. The quantitative estimate of drug-likeness (QED) is 0.656. The second kappa shape index (κ2) is 5.33. The molecule has 98 valence electrons. The third-order valence-electron chi connectivity index (χ3n) is 2.73. The predicted molar refractivity (Wildman–Crippen MR) is 78.5 cm³/mol. The topological polar surface area (TPSA) is 59.1 Å². The Morgan fingerprint density at radius 3 is 2.32 bits per heavy atom. The van der Waals surface area contributed by atoms with Gasteiger partial charge >= 0.3 is 0 Å². The molecule has 0 spiro atoms. The summed E-state index contributed by atoms with van der Waals surface area (Å²) in [6, 6.07) is 11.1. The van der Waals surface area contributed by atoms with Crippen LogP contribution < -0.4 is 10.5 Å². The first-order chi connectivity index (χ1) is 8.97. The average Bonchev–Trinajstić information content (AvgIpc) is 2.32. The van der Waals surface area contributed by atoms with Crippen molar-refractivity contribution in [2.24, 2.45) is 5.73 Å². The van der Waals surface area contributed by atoms with Crippen LogP contribution in [-0.4, -0.2) is 5.84 Å². The number of aryl methyl sites for hydroxylation is 2. The van der Waals surface area contributed by atoms with E-state index in [4.69, 9.17) is 27.5 Å². The third kappa shape index (κ3) is 3.06. The Hall–Kier alpha value is -2.00. The molecule has 0 aliphatic heterocycles. The van der Waals surface area contributed by atoms with Crippen LogP contribution in [0.4, 0.5) is 0 Å². The van der Waals surface area contributed by atoms with E-state index < -0.39 is 0 Å². The van der Waals surface area contributed by atoms with Gasteiger partial charge in [0, 0.05) is 0 Å². The molecule has 0 saturated heterocycles. The van der Waals surface area contributed by atoms with Crippen molar-refractivity contribution < 1.29 is 4.74 Å². The van der Waals surface area contributed by atoms with E-state index in [2.05, 4.69) is 0 Å². The zero-order valence-corrected chi connectivity index (χ0v) is 11.6. The first-order valence-electron chi connectivity index (χ1n) is 5.86. The van der Waals surface area contributed by atoms with E-state index in [9.17, 15) is 0 Å². The van der Waals surface area contributed by atoms with Gasteiger partial charge in [0.05, 0.1) is 10.6 Å². The smallest absolute Gasteiger partial charge is 0.146 e. The van der Waals surface area contributed by atoms with Crippen molar-refractivity contribution in [3.8, 4) is 11.5 Å². The Balaban J connectivity index is 2.42. The van der Waals surface area contributed by atoms with Gasteiger partial charge in [0.15, 0.2) is 0 Å². The number of hydrogen-bond acceptors (Lipinski definition) is 2. The molecule has 4 heteroatoms. The number of halogens is 1. The van der Waals surface area contributed by atoms with Gasteiger partial charge in [-0.05, 0) is 49.2 Å². The Bertz CT molecular complexity index is 638. The maximum Gasteiger partial charge on any atom is 0.146 e. The van der Waals surface area contributed by atoms with Gasteiger partial charge in [0.2, 0.25) is 0 Å². The monoisotopic (exact) mass is 274 g/mol. The van der Waals surface area contributed by atoms with Gasteiger partial charge in [-0.25, -0.2) is 0 Å². The Labute approximate surface area is 117 Å². The molecule has 0 fully saturated rings. The van der Waals surface area contributed by atoms with Crippen LogP contribution in [-0.2, 0) is 0 Å². The molecule has 0 unspecified atom stereocenters. The minimum absolute atomic E-state index is 0.0294. The van der Waals surface area contributed by atoms with Crippen molar-refractivity contribution in [1.82, 2.24) is 0 Å². The minimum Gasteiger partial charge on any atom is -0.455 e. The molecule has 0 aromatic heterocycles. The molecule has 3 nitrogen and oxygen atoms in total. The summed E-state index contributed by atoms with van der Waals surface area (Å²) < 4.78 is 5.78. The molecule has 2 rings (SSSR count). The normalized spacial score (nSPS) is 10.3. The molecule has 0 aliphatic rings. The fourth-order valence-corrected chi connectivity index (χ4v) is 2.02. The largest absolute Gasteiger partial charge is 0.455 e. The second-order valence-electron chi connectivity index (χ2n) is 4.45. The summed E-state index contributed by atoms with van der Waals surface area (Å²) in [4.78, 5) is 0. The van der Waals surface area contributed by atoms with Crippen LogP contribution in [0.1, 0.15) is 16.7 Å². The van der Waals surface area contributed by atoms with Crippen LogP contribution >= 0.6 is 11.6 Å². The van der Waals surface area contributed by atoms with Gasteiger partial charge in [-0.3, -0.25) is 5.41 Å². The van der Waals surface area contributed by atoms with Gasteiger partial charge in [0.25, 0.3) is 0 Å². The summed E-state index contributed by atoms with van der Waals surface area (Å²) in [6.07, 6.45) is 0. The van der Waals surface area contributed by atoms with Gasteiger partial charge in [0.1, 0.15) is 17.3 Å². The number of amidine groups is 1. The zero-order chi connectivity index (χ0) is 14.0. The lowest BCUT2D eigenvalue weighted by Gasteiger charge is -2.12. The number of benzene rings is 2.